The highest BCUT2D eigenvalue weighted by molar-refractivity contribution is 6.06. The van der Waals surface area contributed by atoms with E-state index in [2.05, 4.69) is 10.3 Å². The molecular weight excluding hydrogens is 246 g/mol. The molecule has 0 aromatic carbocycles. The Labute approximate surface area is 111 Å². The molecule has 1 saturated heterocycles. The molecule has 6 nitrogen and oxygen atoms in total. The third-order valence-electron chi connectivity index (χ3n) is 3.31. The largest absolute Gasteiger partial charge is 0.389 e. The van der Waals surface area contributed by atoms with E-state index in [1.807, 2.05) is 0 Å². The van der Waals surface area contributed by atoms with Crippen molar-refractivity contribution in [3.8, 4) is 0 Å². The van der Waals surface area contributed by atoms with Gasteiger partial charge in [-0.15, -0.1) is 0 Å². The Hall–Kier alpha value is -1.95. The smallest absolute Gasteiger partial charge is 0.251 e. The average Bonchev–Trinajstić information content (AvgIpc) is 2.34. The summed E-state index contributed by atoms with van der Waals surface area (Å²) in [7, 11) is 0. The average molecular weight is 263 g/mol. The lowest BCUT2D eigenvalue weighted by molar-refractivity contribution is -0.135. The lowest BCUT2D eigenvalue weighted by Crippen LogP contribution is -2.64. The van der Waals surface area contributed by atoms with Crippen molar-refractivity contribution in [2.45, 2.75) is 32.4 Å². The number of imide groups is 1. The fourth-order valence-corrected chi connectivity index (χ4v) is 2.08. The van der Waals surface area contributed by atoms with Gasteiger partial charge in [0.1, 0.15) is 11.4 Å². The second kappa shape index (κ2) is 4.62. The zero-order chi connectivity index (χ0) is 14.2. The standard InChI is InChI=1S/C13H17N3O3/c1-8(17)9-5-4-6-14-11(9)16-7-10(18)15-12(19)13(16,2)3/h4-6,8,17H,7H2,1-3H3,(H,15,18,19). The number of amides is 2. The topological polar surface area (TPSA) is 82.5 Å². The molecule has 6 heteroatoms. The van der Waals surface area contributed by atoms with Gasteiger partial charge in [0.05, 0.1) is 12.6 Å². The van der Waals surface area contributed by atoms with Gasteiger partial charge in [0.15, 0.2) is 0 Å². The molecule has 0 saturated carbocycles. The van der Waals surface area contributed by atoms with Crippen molar-refractivity contribution in [2.24, 2.45) is 0 Å². The second-order valence-electron chi connectivity index (χ2n) is 5.11. The van der Waals surface area contributed by atoms with Crippen LogP contribution in [-0.4, -0.2) is 34.0 Å². The number of carbonyl (C=O) groups excluding carboxylic acids is 2. The molecule has 2 rings (SSSR count). The predicted octanol–water partition coefficient (Wildman–Crippen LogP) is 0.376. The van der Waals surface area contributed by atoms with Crippen LogP contribution in [0.5, 0.6) is 0 Å². The molecule has 0 spiro atoms. The number of nitrogens with one attached hydrogen (secondary N) is 1. The lowest BCUT2D eigenvalue weighted by atomic mass is 9.97. The number of aromatic nitrogens is 1. The number of nitrogens with zero attached hydrogens (tertiary/aromatic N) is 2. The number of anilines is 1. The summed E-state index contributed by atoms with van der Waals surface area (Å²) in [6.45, 7) is 5.10. The summed E-state index contributed by atoms with van der Waals surface area (Å²) < 4.78 is 0. The van der Waals surface area contributed by atoms with Gasteiger partial charge >= 0.3 is 0 Å². The van der Waals surface area contributed by atoms with Crippen LogP contribution in [0.25, 0.3) is 0 Å². The normalized spacial score (nSPS) is 20.1. The fourth-order valence-electron chi connectivity index (χ4n) is 2.08. The highest BCUT2D eigenvalue weighted by Crippen LogP contribution is 2.30. The number of piperazine rings is 1. The van der Waals surface area contributed by atoms with Crippen molar-refractivity contribution in [1.82, 2.24) is 10.3 Å². The molecule has 1 unspecified atom stereocenters. The predicted molar refractivity (Wildman–Crippen MR) is 69.4 cm³/mol. The van der Waals surface area contributed by atoms with Crippen LogP contribution in [0.1, 0.15) is 32.4 Å². The van der Waals surface area contributed by atoms with Gasteiger partial charge in [-0.2, -0.15) is 0 Å². The molecule has 2 heterocycles. The zero-order valence-corrected chi connectivity index (χ0v) is 11.2. The maximum absolute atomic E-state index is 11.9. The molecular formula is C13H17N3O3. The quantitative estimate of drug-likeness (QED) is 0.754. The number of hydrogen-bond acceptors (Lipinski definition) is 5. The van der Waals surface area contributed by atoms with Gasteiger partial charge < -0.3 is 10.0 Å². The second-order valence-corrected chi connectivity index (χ2v) is 5.11. The highest BCUT2D eigenvalue weighted by Gasteiger charge is 2.42. The lowest BCUT2D eigenvalue weighted by Gasteiger charge is -2.41. The van der Waals surface area contributed by atoms with Crippen molar-refractivity contribution in [1.29, 1.82) is 0 Å². The number of pyridine rings is 1. The summed E-state index contributed by atoms with van der Waals surface area (Å²) in [5, 5.41) is 12.1. The molecule has 19 heavy (non-hydrogen) atoms. The van der Waals surface area contributed by atoms with Crippen molar-refractivity contribution < 1.29 is 14.7 Å². The molecule has 1 fully saturated rings. The summed E-state index contributed by atoms with van der Waals surface area (Å²) in [6.07, 6.45) is 0.855. The molecule has 2 N–H and O–H groups in total. The van der Waals surface area contributed by atoms with Gasteiger partial charge in [-0.05, 0) is 26.8 Å². The third-order valence-corrected chi connectivity index (χ3v) is 3.31. The van der Waals surface area contributed by atoms with Gasteiger partial charge in [-0.1, -0.05) is 6.07 Å². The minimum atomic E-state index is -0.897. The minimum Gasteiger partial charge on any atom is -0.389 e. The molecule has 2 amide bonds. The Morgan fingerprint density at radius 1 is 1.47 bits per heavy atom. The van der Waals surface area contributed by atoms with Gasteiger partial charge in [0.2, 0.25) is 5.91 Å². The maximum Gasteiger partial charge on any atom is 0.251 e. The van der Waals surface area contributed by atoms with E-state index in [-0.39, 0.29) is 18.4 Å². The summed E-state index contributed by atoms with van der Waals surface area (Å²) in [6, 6.07) is 3.45. The van der Waals surface area contributed by atoms with Crippen molar-refractivity contribution in [3.05, 3.63) is 23.9 Å². The number of carbonyl (C=O) groups is 2. The molecule has 0 aliphatic carbocycles. The SMILES string of the molecule is CC(O)c1cccnc1N1CC(=O)NC(=O)C1(C)C. The Bertz CT molecular complexity index is 526. The van der Waals surface area contributed by atoms with Crippen LogP contribution in [0.2, 0.25) is 0 Å². The Balaban J connectivity index is 2.50. The van der Waals surface area contributed by atoms with Crippen LogP contribution in [0.15, 0.2) is 18.3 Å². The summed E-state index contributed by atoms with van der Waals surface area (Å²) in [5.41, 5.74) is -0.301. The van der Waals surface area contributed by atoms with Crippen LogP contribution in [0.4, 0.5) is 5.82 Å². The monoisotopic (exact) mass is 263 g/mol. The van der Waals surface area contributed by atoms with E-state index in [0.29, 0.717) is 11.4 Å². The summed E-state index contributed by atoms with van der Waals surface area (Å²) >= 11 is 0. The molecule has 1 aromatic heterocycles. The molecule has 1 atom stereocenters. The first-order valence-corrected chi connectivity index (χ1v) is 6.09. The van der Waals surface area contributed by atoms with Crippen LogP contribution < -0.4 is 10.2 Å². The first-order valence-electron chi connectivity index (χ1n) is 6.09. The fraction of sp³-hybridized carbons (Fsp3) is 0.462. The highest BCUT2D eigenvalue weighted by atomic mass is 16.3. The molecule has 1 aliphatic rings. The van der Waals surface area contributed by atoms with E-state index in [1.54, 1.807) is 44.0 Å². The molecule has 1 aliphatic heterocycles. The van der Waals surface area contributed by atoms with Crippen LogP contribution in [-0.2, 0) is 9.59 Å². The third kappa shape index (κ3) is 2.31. The van der Waals surface area contributed by atoms with Crippen molar-refractivity contribution in [2.75, 3.05) is 11.4 Å². The van der Waals surface area contributed by atoms with E-state index in [9.17, 15) is 14.7 Å². The van der Waals surface area contributed by atoms with Gasteiger partial charge in [-0.25, -0.2) is 4.98 Å². The van der Waals surface area contributed by atoms with Gasteiger partial charge in [0.25, 0.3) is 5.91 Å². The first-order chi connectivity index (χ1) is 8.84. The van der Waals surface area contributed by atoms with Gasteiger partial charge in [0, 0.05) is 11.8 Å². The minimum absolute atomic E-state index is 0.0372. The van der Waals surface area contributed by atoms with Gasteiger partial charge in [-0.3, -0.25) is 14.9 Å². The number of rotatable bonds is 2. The van der Waals surface area contributed by atoms with Crippen LogP contribution >= 0.6 is 0 Å². The molecule has 0 bridgehead atoms. The molecule has 0 radical (unpaired) electrons. The van der Waals surface area contributed by atoms with E-state index in [1.165, 1.54) is 0 Å². The van der Waals surface area contributed by atoms with Crippen LogP contribution in [0.3, 0.4) is 0 Å². The zero-order valence-electron chi connectivity index (χ0n) is 11.2. The van der Waals surface area contributed by atoms with Crippen molar-refractivity contribution >= 4 is 17.6 Å². The van der Waals surface area contributed by atoms with Crippen LogP contribution in [0, 0.1) is 0 Å². The van der Waals surface area contributed by atoms with E-state index in [0.717, 1.165) is 0 Å². The van der Waals surface area contributed by atoms with E-state index < -0.39 is 11.6 Å². The number of aliphatic hydroxyl groups is 1. The number of aliphatic hydroxyl groups excluding tert-OH is 1. The Morgan fingerprint density at radius 2 is 2.16 bits per heavy atom. The molecule has 102 valence electrons. The van der Waals surface area contributed by atoms with Crippen molar-refractivity contribution in [3.63, 3.8) is 0 Å². The first kappa shape index (κ1) is 13.5. The Morgan fingerprint density at radius 3 is 2.79 bits per heavy atom. The Kier molecular flexibility index (Phi) is 3.28. The molecule has 1 aromatic rings. The maximum atomic E-state index is 11.9. The number of hydrogen-bond donors (Lipinski definition) is 2. The summed E-state index contributed by atoms with van der Waals surface area (Å²) in [4.78, 5) is 29.3. The van der Waals surface area contributed by atoms with E-state index >= 15 is 0 Å². The van der Waals surface area contributed by atoms with E-state index in [4.69, 9.17) is 0 Å². The summed E-state index contributed by atoms with van der Waals surface area (Å²) in [5.74, 6) is -0.275.